The number of carbonyl (C=O) groups is 1. The van der Waals surface area contributed by atoms with Crippen molar-refractivity contribution in [2.45, 2.75) is 32.3 Å². The Morgan fingerprint density at radius 1 is 1.18 bits per heavy atom. The van der Waals surface area contributed by atoms with Crippen molar-refractivity contribution in [3.05, 3.63) is 59.2 Å². The Balaban J connectivity index is 1.51. The summed E-state index contributed by atoms with van der Waals surface area (Å²) in [6, 6.07) is 14.1. The van der Waals surface area contributed by atoms with E-state index in [0.717, 1.165) is 49.2 Å². The summed E-state index contributed by atoms with van der Waals surface area (Å²) in [5.41, 5.74) is 6.25. The third-order valence-electron chi connectivity index (χ3n) is 5.99. The minimum atomic E-state index is -0.297. The van der Waals surface area contributed by atoms with Crippen molar-refractivity contribution in [2.24, 2.45) is 5.41 Å². The van der Waals surface area contributed by atoms with Crippen molar-refractivity contribution in [2.75, 3.05) is 25.3 Å². The van der Waals surface area contributed by atoms with Gasteiger partial charge in [-0.05, 0) is 54.5 Å². The maximum atomic E-state index is 13.4. The number of ether oxygens (including phenoxy) is 2. The third kappa shape index (κ3) is 3.51. The highest BCUT2D eigenvalue weighted by molar-refractivity contribution is 6.00. The smallest absolute Gasteiger partial charge is 0.233 e. The molecule has 1 heterocycles. The molecular weight excluding hydrogens is 356 g/mol. The van der Waals surface area contributed by atoms with Gasteiger partial charge in [0.2, 0.25) is 5.91 Å². The number of hydrogen-bond acceptors (Lipinski definition) is 5. The van der Waals surface area contributed by atoms with Crippen LogP contribution in [0.15, 0.2) is 42.5 Å². The molecule has 1 amide bonds. The Morgan fingerprint density at radius 3 is 2.89 bits per heavy atom. The second kappa shape index (κ2) is 7.91. The van der Waals surface area contributed by atoms with Crippen molar-refractivity contribution in [3.8, 4) is 5.75 Å². The topological polar surface area (TPSA) is 71.0 Å². The van der Waals surface area contributed by atoms with E-state index in [9.17, 15) is 4.79 Å². The van der Waals surface area contributed by atoms with Crippen LogP contribution in [0.1, 0.15) is 29.5 Å². The van der Waals surface area contributed by atoms with E-state index in [-0.39, 0.29) is 18.1 Å². The summed E-state index contributed by atoms with van der Waals surface area (Å²) in [6.07, 6.45) is 3.46. The fraction of sp³-hybridized carbons (Fsp3) is 0.409. The van der Waals surface area contributed by atoms with E-state index in [1.165, 1.54) is 11.1 Å². The van der Waals surface area contributed by atoms with Crippen LogP contribution < -0.4 is 15.1 Å². The van der Waals surface area contributed by atoms with E-state index in [1.54, 1.807) is 7.11 Å². The van der Waals surface area contributed by atoms with Crippen LogP contribution in [0, 0.1) is 5.41 Å². The van der Waals surface area contributed by atoms with Crippen molar-refractivity contribution >= 4 is 11.6 Å². The van der Waals surface area contributed by atoms with Crippen LogP contribution >= 0.6 is 0 Å². The summed E-state index contributed by atoms with van der Waals surface area (Å²) in [7, 11) is 1.64. The van der Waals surface area contributed by atoms with E-state index >= 15 is 0 Å². The van der Waals surface area contributed by atoms with E-state index in [2.05, 4.69) is 18.2 Å². The van der Waals surface area contributed by atoms with Crippen LogP contribution in [-0.4, -0.2) is 31.5 Å². The van der Waals surface area contributed by atoms with Gasteiger partial charge in [-0.15, -0.1) is 0 Å². The molecule has 28 heavy (non-hydrogen) atoms. The first-order valence-electron chi connectivity index (χ1n) is 9.67. The normalized spacial score (nSPS) is 21.2. The summed E-state index contributed by atoms with van der Waals surface area (Å²) in [5, 5.41) is 8.59. The van der Waals surface area contributed by atoms with Crippen molar-refractivity contribution in [1.29, 1.82) is 0 Å². The van der Waals surface area contributed by atoms with Gasteiger partial charge in [0.25, 0.3) is 0 Å². The molecule has 1 spiro atoms. The number of methoxy groups -OCH3 is 1. The standard InChI is InChI=1S/C22H26N2O4/c1-27-20-4-2-3-19(12-20)24-10-9-22(21(24)25)8-7-17-11-16(14-28-15-23-26)5-6-18(17)13-22/h2-6,11-12,23,26H,7-10,13-15H2,1H3/t22-/m0/s1. The first kappa shape index (κ1) is 18.9. The summed E-state index contributed by atoms with van der Waals surface area (Å²) in [6.45, 7) is 1.31. The highest BCUT2D eigenvalue weighted by atomic mass is 16.6. The van der Waals surface area contributed by atoms with Crippen molar-refractivity contribution < 1.29 is 19.5 Å². The number of hydroxylamine groups is 1. The predicted octanol–water partition coefficient (Wildman–Crippen LogP) is 3.06. The summed E-state index contributed by atoms with van der Waals surface area (Å²) in [5.74, 6) is 0.999. The monoisotopic (exact) mass is 382 g/mol. The molecule has 6 heteroatoms. The van der Waals surface area contributed by atoms with Crippen molar-refractivity contribution in [1.82, 2.24) is 5.48 Å². The van der Waals surface area contributed by atoms with Crippen LogP contribution in [0.3, 0.4) is 0 Å². The number of nitrogens with one attached hydrogen (secondary N) is 1. The van der Waals surface area contributed by atoms with E-state index < -0.39 is 0 Å². The number of rotatable bonds is 6. The molecule has 1 atom stereocenters. The zero-order valence-corrected chi connectivity index (χ0v) is 16.1. The van der Waals surface area contributed by atoms with Crippen LogP contribution in [0.2, 0.25) is 0 Å². The van der Waals surface area contributed by atoms with E-state index in [4.69, 9.17) is 14.7 Å². The third-order valence-corrected chi connectivity index (χ3v) is 5.99. The zero-order valence-electron chi connectivity index (χ0n) is 16.1. The second-order valence-corrected chi connectivity index (χ2v) is 7.62. The molecule has 2 aromatic carbocycles. The quantitative estimate of drug-likeness (QED) is 0.456. The average Bonchev–Trinajstić information content (AvgIpc) is 3.04. The maximum Gasteiger partial charge on any atom is 0.233 e. The fourth-order valence-corrected chi connectivity index (χ4v) is 4.46. The molecule has 0 bridgehead atoms. The van der Waals surface area contributed by atoms with Gasteiger partial charge in [-0.25, -0.2) is 0 Å². The Kier molecular flexibility index (Phi) is 5.35. The summed E-state index contributed by atoms with van der Waals surface area (Å²) >= 11 is 0. The molecule has 1 fully saturated rings. The highest BCUT2D eigenvalue weighted by Gasteiger charge is 2.48. The molecule has 6 nitrogen and oxygen atoms in total. The van der Waals surface area contributed by atoms with E-state index in [0.29, 0.717) is 6.61 Å². The molecule has 2 N–H and O–H groups in total. The number of hydrogen-bond donors (Lipinski definition) is 2. The van der Waals surface area contributed by atoms with Gasteiger partial charge in [-0.1, -0.05) is 24.3 Å². The molecule has 2 aromatic rings. The fourth-order valence-electron chi connectivity index (χ4n) is 4.46. The first-order valence-corrected chi connectivity index (χ1v) is 9.67. The number of carbonyl (C=O) groups excluding carboxylic acids is 1. The number of nitrogens with zero attached hydrogens (tertiary/aromatic N) is 1. The minimum absolute atomic E-state index is 0.106. The van der Waals surface area contributed by atoms with Gasteiger partial charge < -0.3 is 19.6 Å². The molecule has 0 aromatic heterocycles. The predicted molar refractivity (Wildman–Crippen MR) is 105 cm³/mol. The molecule has 0 saturated carbocycles. The van der Waals surface area contributed by atoms with Gasteiger partial charge in [-0.3, -0.25) is 4.79 Å². The van der Waals surface area contributed by atoms with Crippen molar-refractivity contribution in [3.63, 3.8) is 0 Å². The van der Waals surface area contributed by atoms with Crippen LogP contribution in [0.25, 0.3) is 0 Å². The van der Waals surface area contributed by atoms with Gasteiger partial charge in [0, 0.05) is 18.3 Å². The van der Waals surface area contributed by atoms with Gasteiger partial charge >= 0.3 is 0 Å². The molecule has 1 aliphatic carbocycles. The molecule has 1 saturated heterocycles. The Morgan fingerprint density at radius 2 is 2.07 bits per heavy atom. The number of anilines is 1. The number of benzene rings is 2. The molecule has 4 rings (SSSR count). The lowest BCUT2D eigenvalue weighted by Gasteiger charge is -2.33. The Labute approximate surface area is 165 Å². The number of fused-ring (bicyclic) bond motifs is 1. The van der Waals surface area contributed by atoms with Gasteiger partial charge in [-0.2, -0.15) is 5.48 Å². The zero-order chi connectivity index (χ0) is 19.6. The average molecular weight is 382 g/mol. The Bertz CT molecular complexity index is 869. The number of amides is 1. The Hall–Kier alpha value is -2.41. The van der Waals surface area contributed by atoms with Gasteiger partial charge in [0.1, 0.15) is 12.5 Å². The molecule has 0 radical (unpaired) electrons. The van der Waals surface area contributed by atoms with Crippen LogP contribution in [0.5, 0.6) is 5.75 Å². The molecule has 0 unspecified atom stereocenters. The summed E-state index contributed by atoms with van der Waals surface area (Å²) in [4.78, 5) is 15.3. The lowest BCUT2D eigenvalue weighted by Crippen LogP contribution is -2.38. The SMILES string of the molecule is COc1cccc(N2CC[C@]3(CCc4cc(COCNO)ccc4C3)C2=O)c1. The van der Waals surface area contributed by atoms with Crippen LogP contribution in [-0.2, 0) is 29.0 Å². The lowest BCUT2D eigenvalue weighted by molar-refractivity contribution is -0.126. The lowest BCUT2D eigenvalue weighted by atomic mass is 9.70. The second-order valence-electron chi connectivity index (χ2n) is 7.62. The first-order chi connectivity index (χ1) is 13.6. The number of aryl methyl sites for hydroxylation is 1. The van der Waals surface area contributed by atoms with Gasteiger partial charge in [0.15, 0.2) is 0 Å². The minimum Gasteiger partial charge on any atom is -0.497 e. The molecular formula is C22H26N2O4. The molecule has 2 aliphatic rings. The largest absolute Gasteiger partial charge is 0.497 e. The maximum absolute atomic E-state index is 13.4. The van der Waals surface area contributed by atoms with Gasteiger partial charge in [0.05, 0.1) is 19.1 Å². The molecule has 148 valence electrons. The molecule has 1 aliphatic heterocycles. The summed E-state index contributed by atoms with van der Waals surface area (Å²) < 4.78 is 10.6. The highest BCUT2D eigenvalue weighted by Crippen LogP contribution is 2.45. The van der Waals surface area contributed by atoms with E-state index in [1.807, 2.05) is 34.6 Å². The van der Waals surface area contributed by atoms with Crippen LogP contribution in [0.4, 0.5) is 5.69 Å².